The highest BCUT2D eigenvalue weighted by Gasteiger charge is 2.05. The van der Waals surface area contributed by atoms with Gasteiger partial charge in [0.25, 0.3) is 0 Å². The standard InChI is InChI=1S/C16H14O.C14H9Br/c17-10-9-13-11-12-5-1-2-6-14(12)16-8-4-3-7-15(13)16;15-14-9-10-5-1-2-6-11(10)12-7-3-4-8-13(12)14/h1-8,11,17H,9-10H2;1-9H. The lowest BCUT2D eigenvalue weighted by Crippen LogP contribution is -1.92. The lowest BCUT2D eigenvalue weighted by molar-refractivity contribution is 0.300. The normalized spacial score (nSPS) is 11.1. The Labute approximate surface area is 196 Å². The zero-order valence-electron chi connectivity index (χ0n) is 17.6. The Kier molecular flexibility index (Phi) is 5.89. The quantitative estimate of drug-likeness (QED) is 0.248. The topological polar surface area (TPSA) is 20.2 Å². The number of fused-ring (bicyclic) bond motifs is 6. The molecule has 1 N–H and O–H groups in total. The molecule has 0 spiro atoms. The Morgan fingerprint density at radius 1 is 0.500 bits per heavy atom. The molecule has 0 atom stereocenters. The number of aliphatic hydroxyl groups excluding tert-OH is 1. The number of halogens is 1. The molecule has 0 saturated carbocycles. The number of benzene rings is 6. The molecule has 0 radical (unpaired) electrons. The fourth-order valence-electron chi connectivity index (χ4n) is 4.47. The van der Waals surface area contributed by atoms with Crippen molar-refractivity contribution in [1.29, 1.82) is 0 Å². The van der Waals surface area contributed by atoms with Crippen LogP contribution >= 0.6 is 15.9 Å². The zero-order valence-corrected chi connectivity index (χ0v) is 19.2. The maximum atomic E-state index is 9.15. The van der Waals surface area contributed by atoms with E-state index in [9.17, 15) is 0 Å². The van der Waals surface area contributed by atoms with E-state index < -0.39 is 0 Å². The first kappa shape index (κ1) is 20.7. The summed E-state index contributed by atoms with van der Waals surface area (Å²) in [5.41, 5.74) is 1.22. The fourth-order valence-corrected chi connectivity index (χ4v) is 5.06. The second-order valence-corrected chi connectivity index (χ2v) is 8.76. The van der Waals surface area contributed by atoms with Gasteiger partial charge in [0.15, 0.2) is 0 Å². The van der Waals surface area contributed by atoms with Crippen molar-refractivity contribution in [2.24, 2.45) is 0 Å². The SMILES string of the molecule is Brc1cc2ccccc2c2ccccc12.OCCc1cc2ccccc2c2ccccc12. The Morgan fingerprint density at radius 2 is 0.938 bits per heavy atom. The second-order valence-electron chi connectivity index (χ2n) is 7.90. The molecule has 0 aliphatic heterocycles. The van der Waals surface area contributed by atoms with Gasteiger partial charge in [0.1, 0.15) is 0 Å². The summed E-state index contributed by atoms with van der Waals surface area (Å²) < 4.78 is 1.16. The van der Waals surface area contributed by atoms with Gasteiger partial charge in [-0.3, -0.25) is 0 Å². The third-order valence-corrected chi connectivity index (χ3v) is 6.61. The summed E-state index contributed by atoms with van der Waals surface area (Å²) in [6.45, 7) is 0.197. The van der Waals surface area contributed by atoms with Crippen molar-refractivity contribution in [2.75, 3.05) is 6.61 Å². The molecule has 0 bridgehead atoms. The highest BCUT2D eigenvalue weighted by molar-refractivity contribution is 9.10. The minimum Gasteiger partial charge on any atom is -0.396 e. The van der Waals surface area contributed by atoms with Crippen LogP contribution in [0.4, 0.5) is 0 Å². The number of rotatable bonds is 2. The largest absolute Gasteiger partial charge is 0.396 e. The number of hydrogen-bond acceptors (Lipinski definition) is 1. The van der Waals surface area contributed by atoms with Crippen molar-refractivity contribution in [2.45, 2.75) is 6.42 Å². The molecule has 6 rings (SSSR count). The van der Waals surface area contributed by atoms with E-state index in [4.69, 9.17) is 5.11 Å². The van der Waals surface area contributed by atoms with E-state index in [0.29, 0.717) is 6.42 Å². The van der Waals surface area contributed by atoms with E-state index in [1.165, 1.54) is 48.7 Å². The molecule has 6 aromatic rings. The zero-order chi connectivity index (χ0) is 21.9. The summed E-state index contributed by atoms with van der Waals surface area (Å²) in [5, 5.41) is 19.4. The van der Waals surface area contributed by atoms with Crippen molar-refractivity contribution in [3.63, 3.8) is 0 Å². The molecule has 2 heteroatoms. The predicted molar refractivity (Wildman–Crippen MR) is 141 cm³/mol. The highest BCUT2D eigenvalue weighted by Crippen LogP contribution is 2.31. The highest BCUT2D eigenvalue weighted by atomic mass is 79.9. The monoisotopic (exact) mass is 478 g/mol. The second kappa shape index (κ2) is 9.12. The average Bonchev–Trinajstić information content (AvgIpc) is 2.85. The van der Waals surface area contributed by atoms with Crippen LogP contribution in [0.1, 0.15) is 5.56 Å². The Morgan fingerprint density at radius 3 is 1.53 bits per heavy atom. The van der Waals surface area contributed by atoms with Crippen LogP contribution in [0.2, 0.25) is 0 Å². The van der Waals surface area contributed by atoms with Gasteiger partial charge in [0.05, 0.1) is 0 Å². The van der Waals surface area contributed by atoms with Gasteiger partial charge in [-0.05, 0) is 61.1 Å². The molecule has 0 fully saturated rings. The fraction of sp³-hybridized carbons (Fsp3) is 0.0667. The van der Waals surface area contributed by atoms with Crippen LogP contribution in [0.25, 0.3) is 43.1 Å². The minimum atomic E-state index is 0.197. The number of hydrogen-bond donors (Lipinski definition) is 1. The molecule has 0 heterocycles. The van der Waals surface area contributed by atoms with E-state index in [2.05, 4.69) is 125 Å². The van der Waals surface area contributed by atoms with Gasteiger partial charge in [-0.25, -0.2) is 0 Å². The van der Waals surface area contributed by atoms with Crippen LogP contribution in [-0.2, 0) is 6.42 Å². The first-order valence-corrected chi connectivity index (χ1v) is 11.6. The minimum absolute atomic E-state index is 0.197. The lowest BCUT2D eigenvalue weighted by Gasteiger charge is -2.09. The molecular weight excluding hydrogens is 456 g/mol. The van der Waals surface area contributed by atoms with Gasteiger partial charge in [-0.2, -0.15) is 0 Å². The first-order chi connectivity index (χ1) is 15.8. The van der Waals surface area contributed by atoms with Crippen molar-refractivity contribution in [3.8, 4) is 0 Å². The van der Waals surface area contributed by atoms with E-state index >= 15 is 0 Å². The molecule has 6 aromatic carbocycles. The van der Waals surface area contributed by atoms with Crippen molar-refractivity contribution in [1.82, 2.24) is 0 Å². The van der Waals surface area contributed by atoms with Crippen molar-refractivity contribution < 1.29 is 5.11 Å². The third-order valence-electron chi connectivity index (χ3n) is 5.95. The smallest absolute Gasteiger partial charge is 0.0471 e. The van der Waals surface area contributed by atoms with Crippen molar-refractivity contribution in [3.05, 3.63) is 119 Å². The summed E-state index contributed by atoms with van der Waals surface area (Å²) in [7, 11) is 0. The molecule has 1 nitrogen and oxygen atoms in total. The van der Waals surface area contributed by atoms with Crippen molar-refractivity contribution >= 4 is 59.0 Å². The Hall–Kier alpha value is -3.20. The Bertz CT molecular complexity index is 1550. The summed E-state index contributed by atoms with van der Waals surface area (Å²) >= 11 is 3.62. The van der Waals surface area contributed by atoms with Crippen LogP contribution in [0, 0.1) is 0 Å². The van der Waals surface area contributed by atoms with Gasteiger partial charge in [0, 0.05) is 11.1 Å². The molecular formula is C30H23BrO. The van der Waals surface area contributed by atoms with Crippen LogP contribution in [0.5, 0.6) is 0 Å². The summed E-state index contributed by atoms with van der Waals surface area (Å²) in [6, 6.07) is 38.1. The molecule has 32 heavy (non-hydrogen) atoms. The molecule has 0 unspecified atom stereocenters. The van der Waals surface area contributed by atoms with E-state index in [0.717, 1.165) is 4.47 Å². The molecule has 156 valence electrons. The first-order valence-electron chi connectivity index (χ1n) is 10.8. The van der Waals surface area contributed by atoms with E-state index in [1.54, 1.807) is 0 Å². The van der Waals surface area contributed by atoms with E-state index in [-0.39, 0.29) is 6.61 Å². The van der Waals surface area contributed by atoms with Crippen LogP contribution in [0.15, 0.2) is 114 Å². The molecule has 0 aliphatic rings. The molecule has 0 saturated heterocycles. The summed E-state index contributed by atoms with van der Waals surface area (Å²) in [6.07, 6.45) is 0.714. The van der Waals surface area contributed by atoms with Crippen LogP contribution in [0.3, 0.4) is 0 Å². The average molecular weight is 479 g/mol. The molecule has 0 amide bonds. The number of aliphatic hydroxyl groups is 1. The van der Waals surface area contributed by atoms with Gasteiger partial charge in [0.2, 0.25) is 0 Å². The summed E-state index contributed by atoms with van der Waals surface area (Å²) in [5.74, 6) is 0. The Balaban J connectivity index is 0.000000136. The van der Waals surface area contributed by atoms with Gasteiger partial charge in [-0.1, -0.05) is 119 Å². The third kappa shape index (κ3) is 3.88. The summed E-state index contributed by atoms with van der Waals surface area (Å²) in [4.78, 5) is 0. The van der Waals surface area contributed by atoms with Crippen LogP contribution < -0.4 is 0 Å². The maximum absolute atomic E-state index is 9.15. The van der Waals surface area contributed by atoms with Crippen LogP contribution in [-0.4, -0.2) is 11.7 Å². The van der Waals surface area contributed by atoms with E-state index in [1.807, 2.05) is 0 Å². The lowest BCUT2D eigenvalue weighted by atomic mass is 9.96. The maximum Gasteiger partial charge on any atom is 0.0471 e. The van der Waals surface area contributed by atoms with Gasteiger partial charge in [-0.15, -0.1) is 0 Å². The van der Waals surface area contributed by atoms with Gasteiger partial charge >= 0.3 is 0 Å². The molecule has 0 aromatic heterocycles. The predicted octanol–water partition coefficient (Wildman–Crippen LogP) is 8.28. The molecule has 0 aliphatic carbocycles. The van der Waals surface area contributed by atoms with Gasteiger partial charge < -0.3 is 5.11 Å².